The third-order valence-electron chi connectivity index (χ3n) is 5.18. The van der Waals surface area contributed by atoms with Gasteiger partial charge in [-0.05, 0) is 31.2 Å². The highest BCUT2D eigenvalue weighted by atomic mass is 32.2. The van der Waals surface area contributed by atoms with E-state index in [1.807, 2.05) is 36.6 Å². The lowest BCUT2D eigenvalue weighted by atomic mass is 10.2. The van der Waals surface area contributed by atoms with Crippen LogP contribution >= 0.6 is 23.1 Å². The van der Waals surface area contributed by atoms with Crippen LogP contribution in [0.4, 0.5) is 5.69 Å². The van der Waals surface area contributed by atoms with Crippen molar-refractivity contribution in [1.29, 1.82) is 0 Å². The predicted molar refractivity (Wildman–Crippen MR) is 128 cm³/mol. The molecule has 0 aliphatic carbocycles. The van der Waals surface area contributed by atoms with Crippen LogP contribution < -0.4 is 5.32 Å². The lowest BCUT2D eigenvalue weighted by Gasteiger charge is -2.34. The maximum atomic E-state index is 12.7. The quantitative estimate of drug-likeness (QED) is 0.517. The molecule has 3 aromatic rings. The molecule has 1 aliphatic rings. The molecule has 0 atom stereocenters. The normalized spacial score (nSPS) is 13.7. The van der Waals surface area contributed by atoms with Gasteiger partial charge in [0, 0.05) is 37.2 Å². The van der Waals surface area contributed by atoms with E-state index in [1.165, 1.54) is 29.4 Å². The smallest absolute Gasteiger partial charge is 0.289 e. The molecule has 33 heavy (non-hydrogen) atoms. The number of nitrogens with one attached hydrogen (secondary N) is 1. The van der Waals surface area contributed by atoms with Gasteiger partial charge in [0.1, 0.15) is 0 Å². The zero-order chi connectivity index (χ0) is 23.2. The number of hydrogen-bond acceptors (Lipinski definition) is 7. The van der Waals surface area contributed by atoms with Crippen molar-refractivity contribution < 1.29 is 18.8 Å². The number of benzene rings is 1. The Kier molecular flexibility index (Phi) is 7.46. The number of amides is 3. The summed E-state index contributed by atoms with van der Waals surface area (Å²) in [6.45, 7) is 3.90. The molecule has 3 amide bonds. The van der Waals surface area contributed by atoms with Crippen molar-refractivity contribution >= 4 is 46.5 Å². The summed E-state index contributed by atoms with van der Waals surface area (Å²) in [6.07, 6.45) is 1.68. The van der Waals surface area contributed by atoms with Crippen LogP contribution in [-0.2, 0) is 16.0 Å². The summed E-state index contributed by atoms with van der Waals surface area (Å²) in [5.74, 6) is 0.299. The summed E-state index contributed by atoms with van der Waals surface area (Å²) in [5, 5.41) is 4.72. The summed E-state index contributed by atoms with van der Waals surface area (Å²) in [5.41, 5.74) is 2.60. The molecule has 1 aromatic carbocycles. The Labute approximate surface area is 200 Å². The molecule has 0 spiro atoms. The number of furan rings is 1. The van der Waals surface area contributed by atoms with Gasteiger partial charge in [-0.3, -0.25) is 14.4 Å². The minimum atomic E-state index is -0.153. The second kappa shape index (κ2) is 10.7. The number of hydrogen-bond donors (Lipinski definition) is 1. The van der Waals surface area contributed by atoms with E-state index < -0.39 is 0 Å². The molecule has 1 fully saturated rings. The van der Waals surface area contributed by atoms with Crippen LogP contribution in [0.25, 0.3) is 0 Å². The third kappa shape index (κ3) is 6.23. The van der Waals surface area contributed by atoms with Gasteiger partial charge in [0.25, 0.3) is 5.91 Å². The Bertz CT molecular complexity index is 1100. The maximum absolute atomic E-state index is 12.7. The van der Waals surface area contributed by atoms with Gasteiger partial charge in [-0.2, -0.15) is 0 Å². The first kappa shape index (κ1) is 23.1. The lowest BCUT2D eigenvalue weighted by Crippen LogP contribution is -2.50. The summed E-state index contributed by atoms with van der Waals surface area (Å²) < 4.78 is 5.92. The van der Waals surface area contributed by atoms with Crippen molar-refractivity contribution in [3.05, 3.63) is 65.1 Å². The lowest BCUT2D eigenvalue weighted by molar-refractivity contribution is -0.132. The molecule has 0 saturated carbocycles. The van der Waals surface area contributed by atoms with Gasteiger partial charge < -0.3 is 19.5 Å². The zero-order valence-electron chi connectivity index (χ0n) is 18.2. The fourth-order valence-electron chi connectivity index (χ4n) is 3.38. The van der Waals surface area contributed by atoms with Gasteiger partial charge in [-0.15, -0.1) is 11.3 Å². The molecule has 172 valence electrons. The fraction of sp³-hybridized carbons (Fsp3) is 0.304. The van der Waals surface area contributed by atoms with Gasteiger partial charge in [0.05, 0.1) is 24.1 Å². The van der Waals surface area contributed by atoms with E-state index in [9.17, 15) is 14.4 Å². The minimum absolute atomic E-state index is 0.0148. The Hall–Kier alpha value is -3.11. The van der Waals surface area contributed by atoms with Gasteiger partial charge in [-0.1, -0.05) is 29.5 Å². The molecule has 1 aliphatic heterocycles. The van der Waals surface area contributed by atoms with Crippen molar-refractivity contribution in [3.63, 3.8) is 0 Å². The molecular formula is C23H24N4O4S2. The topological polar surface area (TPSA) is 95.8 Å². The number of carbonyl (C=O) groups is 3. The standard InChI is InChI=1S/C23H24N4O4S2/c1-16-4-6-17(7-5-16)24-20(28)15-33-23-25-18(14-32-23)13-21(29)26-8-10-27(11-9-26)22(30)19-3-2-12-31-19/h2-7,12,14H,8-11,13,15H2,1H3,(H,24,28). The van der Waals surface area contributed by atoms with Crippen molar-refractivity contribution in [1.82, 2.24) is 14.8 Å². The number of aryl methyl sites for hydroxylation is 1. The monoisotopic (exact) mass is 484 g/mol. The number of thioether (sulfide) groups is 1. The number of piperazine rings is 1. The van der Waals surface area contributed by atoms with E-state index in [-0.39, 0.29) is 29.9 Å². The molecule has 8 nitrogen and oxygen atoms in total. The number of anilines is 1. The molecule has 2 aromatic heterocycles. The van der Waals surface area contributed by atoms with E-state index in [2.05, 4.69) is 10.3 Å². The summed E-state index contributed by atoms with van der Waals surface area (Å²) in [7, 11) is 0. The fourth-order valence-corrected chi connectivity index (χ4v) is 5.02. The SMILES string of the molecule is Cc1ccc(NC(=O)CSc2nc(CC(=O)N3CCN(C(=O)c4ccco4)CC3)cs2)cc1. The van der Waals surface area contributed by atoms with Gasteiger partial charge >= 0.3 is 0 Å². The molecule has 1 saturated heterocycles. The minimum Gasteiger partial charge on any atom is -0.459 e. The van der Waals surface area contributed by atoms with Crippen LogP contribution in [0.3, 0.4) is 0 Å². The number of rotatable bonds is 7. The first-order valence-electron chi connectivity index (χ1n) is 10.5. The highest BCUT2D eigenvalue weighted by Crippen LogP contribution is 2.23. The molecule has 1 N–H and O–H groups in total. The Balaban J connectivity index is 1.20. The predicted octanol–water partition coefficient (Wildman–Crippen LogP) is 3.30. The van der Waals surface area contributed by atoms with E-state index >= 15 is 0 Å². The van der Waals surface area contributed by atoms with Gasteiger partial charge in [-0.25, -0.2) is 4.98 Å². The Morgan fingerprint density at radius 2 is 1.82 bits per heavy atom. The first-order valence-corrected chi connectivity index (χ1v) is 12.4. The zero-order valence-corrected chi connectivity index (χ0v) is 19.8. The Morgan fingerprint density at radius 1 is 1.09 bits per heavy atom. The number of aromatic nitrogens is 1. The molecule has 0 bridgehead atoms. The second-order valence-corrected chi connectivity index (χ2v) is 9.72. The van der Waals surface area contributed by atoms with Crippen LogP contribution in [0, 0.1) is 6.92 Å². The van der Waals surface area contributed by atoms with Crippen LogP contribution in [-0.4, -0.2) is 64.4 Å². The second-order valence-electron chi connectivity index (χ2n) is 7.63. The summed E-state index contributed by atoms with van der Waals surface area (Å²) in [4.78, 5) is 45.1. The summed E-state index contributed by atoms with van der Waals surface area (Å²) >= 11 is 2.78. The highest BCUT2D eigenvalue weighted by molar-refractivity contribution is 8.01. The molecule has 0 unspecified atom stereocenters. The molecule has 3 heterocycles. The molecule has 4 rings (SSSR count). The largest absolute Gasteiger partial charge is 0.459 e. The number of carbonyl (C=O) groups excluding carboxylic acids is 3. The van der Waals surface area contributed by atoms with E-state index in [1.54, 1.807) is 21.9 Å². The molecule has 0 radical (unpaired) electrons. The average molecular weight is 485 g/mol. The number of thiazole rings is 1. The number of nitrogens with zero attached hydrogens (tertiary/aromatic N) is 3. The van der Waals surface area contributed by atoms with Gasteiger partial charge in [0.2, 0.25) is 11.8 Å². The Morgan fingerprint density at radius 3 is 2.52 bits per heavy atom. The van der Waals surface area contributed by atoms with E-state index in [4.69, 9.17) is 4.42 Å². The van der Waals surface area contributed by atoms with Crippen molar-refractivity contribution in [2.75, 3.05) is 37.2 Å². The van der Waals surface area contributed by atoms with Crippen molar-refractivity contribution in [2.45, 2.75) is 17.7 Å². The van der Waals surface area contributed by atoms with E-state index in [0.29, 0.717) is 37.6 Å². The van der Waals surface area contributed by atoms with E-state index in [0.717, 1.165) is 15.6 Å². The van der Waals surface area contributed by atoms with Crippen LogP contribution in [0.1, 0.15) is 21.8 Å². The van der Waals surface area contributed by atoms with Crippen LogP contribution in [0.15, 0.2) is 56.8 Å². The van der Waals surface area contributed by atoms with Crippen LogP contribution in [0.2, 0.25) is 0 Å². The third-order valence-corrected chi connectivity index (χ3v) is 7.25. The molecule has 10 heteroatoms. The van der Waals surface area contributed by atoms with Gasteiger partial charge in [0.15, 0.2) is 10.1 Å². The van der Waals surface area contributed by atoms with Crippen LogP contribution in [0.5, 0.6) is 0 Å². The first-order chi connectivity index (χ1) is 16.0. The maximum Gasteiger partial charge on any atom is 0.289 e. The average Bonchev–Trinajstić information content (AvgIpc) is 3.51. The van der Waals surface area contributed by atoms with Crippen molar-refractivity contribution in [2.24, 2.45) is 0 Å². The highest BCUT2D eigenvalue weighted by Gasteiger charge is 2.26. The summed E-state index contributed by atoms with van der Waals surface area (Å²) in [6, 6.07) is 11.0. The molecular weight excluding hydrogens is 460 g/mol. The van der Waals surface area contributed by atoms with Crippen molar-refractivity contribution in [3.8, 4) is 0 Å².